The van der Waals surface area contributed by atoms with Crippen molar-refractivity contribution in [3.8, 4) is 16.9 Å². The van der Waals surface area contributed by atoms with E-state index in [1.165, 1.54) is 10.9 Å². The van der Waals surface area contributed by atoms with E-state index in [2.05, 4.69) is 16.0 Å². The number of hydrazine groups is 1. The van der Waals surface area contributed by atoms with Crippen molar-refractivity contribution in [1.82, 2.24) is 25.5 Å². The normalized spacial score (nSPS) is 15.9. The zero-order chi connectivity index (χ0) is 24.3. The van der Waals surface area contributed by atoms with Crippen molar-refractivity contribution in [2.45, 2.75) is 12.6 Å². The van der Waals surface area contributed by atoms with E-state index in [-0.39, 0.29) is 18.5 Å². The van der Waals surface area contributed by atoms with Gasteiger partial charge in [-0.1, -0.05) is 48.5 Å². The summed E-state index contributed by atoms with van der Waals surface area (Å²) in [4.78, 5) is 37.7. The smallest absolute Gasteiger partial charge is 0.333 e. The largest absolute Gasteiger partial charge is 0.406 e. The third kappa shape index (κ3) is 5.25. The van der Waals surface area contributed by atoms with E-state index in [9.17, 15) is 27.6 Å². The molecule has 1 aliphatic heterocycles. The fraction of sp³-hybridized carbons (Fsp3) is 0.217. The van der Waals surface area contributed by atoms with E-state index >= 15 is 0 Å². The Morgan fingerprint density at radius 1 is 1.00 bits per heavy atom. The molecule has 4 rings (SSSR count). The van der Waals surface area contributed by atoms with Crippen LogP contribution >= 0.6 is 0 Å². The van der Waals surface area contributed by atoms with Crippen molar-refractivity contribution in [2.75, 3.05) is 13.1 Å². The molecule has 0 spiro atoms. The molecule has 0 bridgehead atoms. The molecule has 3 amide bonds. The average Bonchev–Trinajstić information content (AvgIpc) is 3.42. The fourth-order valence-corrected chi connectivity index (χ4v) is 3.67. The first-order chi connectivity index (χ1) is 16.2. The topological polar surface area (TPSA) is 96.3 Å². The van der Waals surface area contributed by atoms with Crippen LogP contribution in [-0.2, 0) is 9.59 Å². The van der Waals surface area contributed by atoms with Crippen molar-refractivity contribution in [2.24, 2.45) is 5.92 Å². The Labute approximate surface area is 192 Å². The first kappa shape index (κ1) is 23.0. The van der Waals surface area contributed by atoms with E-state index in [1.807, 2.05) is 36.4 Å². The molecule has 1 atom stereocenters. The van der Waals surface area contributed by atoms with Crippen LogP contribution in [0.5, 0.6) is 0 Å². The summed E-state index contributed by atoms with van der Waals surface area (Å²) in [6.07, 6.45) is -3.40. The number of rotatable bonds is 5. The maximum absolute atomic E-state index is 12.9. The van der Waals surface area contributed by atoms with Crippen LogP contribution < -0.4 is 10.9 Å². The highest BCUT2D eigenvalue weighted by Crippen LogP contribution is 2.25. The number of carbonyl (C=O) groups is 3. The van der Waals surface area contributed by atoms with Gasteiger partial charge in [-0.25, -0.2) is 4.68 Å². The van der Waals surface area contributed by atoms with Gasteiger partial charge in [0, 0.05) is 24.7 Å². The zero-order valence-corrected chi connectivity index (χ0v) is 17.7. The SMILES string of the molecule is O=C(NNC(=O)C1CC(=O)N(CC(F)(F)F)C1)c1cn(-c2ccccc2)nc1-c1ccccc1. The number of benzene rings is 2. The van der Waals surface area contributed by atoms with Crippen LogP contribution in [0.4, 0.5) is 13.2 Å². The summed E-state index contributed by atoms with van der Waals surface area (Å²) in [6, 6.07) is 18.1. The molecular weight excluding hydrogens is 451 g/mol. The second kappa shape index (κ2) is 9.38. The Kier molecular flexibility index (Phi) is 6.35. The third-order valence-electron chi connectivity index (χ3n) is 5.28. The lowest BCUT2D eigenvalue weighted by molar-refractivity contribution is -0.157. The number of hydrogen-bond acceptors (Lipinski definition) is 4. The predicted molar refractivity (Wildman–Crippen MR) is 115 cm³/mol. The minimum Gasteiger partial charge on any atom is -0.333 e. The summed E-state index contributed by atoms with van der Waals surface area (Å²) in [5.74, 6) is -3.18. The molecule has 1 fully saturated rings. The highest BCUT2D eigenvalue weighted by molar-refractivity contribution is 6.01. The number of halogens is 3. The van der Waals surface area contributed by atoms with Crippen molar-refractivity contribution in [1.29, 1.82) is 0 Å². The van der Waals surface area contributed by atoms with Crippen LogP contribution in [0, 0.1) is 5.92 Å². The molecule has 34 heavy (non-hydrogen) atoms. The fourth-order valence-electron chi connectivity index (χ4n) is 3.67. The van der Waals surface area contributed by atoms with Gasteiger partial charge < -0.3 is 4.90 Å². The van der Waals surface area contributed by atoms with Crippen molar-refractivity contribution < 1.29 is 27.6 Å². The van der Waals surface area contributed by atoms with Gasteiger partial charge in [0.2, 0.25) is 11.8 Å². The molecule has 2 heterocycles. The molecule has 176 valence electrons. The number of para-hydroxylation sites is 1. The molecule has 1 aliphatic rings. The van der Waals surface area contributed by atoms with Gasteiger partial charge in [-0.15, -0.1) is 0 Å². The van der Waals surface area contributed by atoms with E-state index in [0.29, 0.717) is 16.2 Å². The van der Waals surface area contributed by atoms with Crippen LogP contribution in [0.3, 0.4) is 0 Å². The van der Waals surface area contributed by atoms with Crippen molar-refractivity contribution >= 4 is 17.7 Å². The molecule has 2 N–H and O–H groups in total. The lowest BCUT2D eigenvalue weighted by atomic mass is 10.1. The first-order valence-electron chi connectivity index (χ1n) is 10.4. The van der Waals surface area contributed by atoms with E-state index in [1.54, 1.807) is 24.3 Å². The molecule has 11 heteroatoms. The van der Waals surface area contributed by atoms with Crippen molar-refractivity contribution in [3.05, 3.63) is 72.4 Å². The summed E-state index contributed by atoms with van der Waals surface area (Å²) >= 11 is 0. The Hall–Kier alpha value is -4.15. The summed E-state index contributed by atoms with van der Waals surface area (Å²) in [5.41, 5.74) is 6.46. The van der Waals surface area contributed by atoms with E-state index in [0.717, 1.165) is 5.69 Å². The highest BCUT2D eigenvalue weighted by Gasteiger charge is 2.40. The summed E-state index contributed by atoms with van der Waals surface area (Å²) < 4.78 is 39.3. The average molecular weight is 471 g/mol. The molecule has 1 saturated heterocycles. The van der Waals surface area contributed by atoms with E-state index < -0.39 is 36.4 Å². The summed E-state index contributed by atoms with van der Waals surface area (Å²) in [6.45, 7) is -1.79. The van der Waals surface area contributed by atoms with Gasteiger partial charge >= 0.3 is 6.18 Å². The highest BCUT2D eigenvalue weighted by atomic mass is 19.4. The number of nitrogens with one attached hydrogen (secondary N) is 2. The molecule has 3 aromatic rings. The van der Waals surface area contributed by atoms with E-state index in [4.69, 9.17) is 0 Å². The number of alkyl halides is 3. The first-order valence-corrected chi connectivity index (χ1v) is 10.4. The minimum atomic E-state index is -4.55. The molecule has 0 saturated carbocycles. The number of carbonyl (C=O) groups excluding carboxylic acids is 3. The standard InChI is InChI=1S/C23H20F3N5O3/c24-23(25,26)14-30-12-16(11-19(30)32)21(33)27-28-22(34)18-13-31(17-9-5-2-6-10-17)29-20(18)15-7-3-1-4-8-15/h1-10,13,16H,11-12,14H2,(H,27,33)(H,28,34). The van der Waals surface area contributed by atoms with Gasteiger partial charge in [-0.2, -0.15) is 18.3 Å². The summed E-state index contributed by atoms with van der Waals surface area (Å²) in [7, 11) is 0. The van der Waals surface area contributed by atoms with Gasteiger partial charge in [0.25, 0.3) is 5.91 Å². The second-order valence-electron chi connectivity index (χ2n) is 7.77. The zero-order valence-electron chi connectivity index (χ0n) is 17.7. The second-order valence-corrected chi connectivity index (χ2v) is 7.77. The predicted octanol–water partition coefficient (Wildman–Crippen LogP) is 2.71. The van der Waals surface area contributed by atoms with Crippen LogP contribution in [-0.4, -0.2) is 51.7 Å². The van der Waals surface area contributed by atoms with Crippen LogP contribution in [0.25, 0.3) is 16.9 Å². The third-order valence-corrected chi connectivity index (χ3v) is 5.28. The number of hydrogen-bond donors (Lipinski definition) is 2. The van der Waals surface area contributed by atoms with Gasteiger partial charge in [-0.05, 0) is 12.1 Å². The number of aromatic nitrogens is 2. The minimum absolute atomic E-state index is 0.177. The Morgan fingerprint density at radius 2 is 1.65 bits per heavy atom. The van der Waals surface area contributed by atoms with Gasteiger partial charge in [0.05, 0.1) is 17.2 Å². The van der Waals surface area contributed by atoms with Crippen LogP contribution in [0.2, 0.25) is 0 Å². The van der Waals surface area contributed by atoms with Crippen LogP contribution in [0.1, 0.15) is 16.8 Å². The molecule has 1 aromatic heterocycles. The molecule has 0 radical (unpaired) electrons. The Bertz CT molecular complexity index is 1200. The quantitative estimate of drug-likeness (QED) is 0.560. The maximum Gasteiger partial charge on any atom is 0.406 e. The number of amides is 3. The molecule has 8 nitrogen and oxygen atoms in total. The number of nitrogens with zero attached hydrogens (tertiary/aromatic N) is 3. The van der Waals surface area contributed by atoms with Crippen molar-refractivity contribution in [3.63, 3.8) is 0 Å². The molecular formula is C23H20F3N5O3. The monoisotopic (exact) mass is 471 g/mol. The Balaban J connectivity index is 1.48. The van der Waals surface area contributed by atoms with Gasteiger partial charge in [-0.3, -0.25) is 25.2 Å². The molecule has 2 aromatic carbocycles. The molecule has 0 aliphatic carbocycles. The van der Waals surface area contributed by atoms with Gasteiger partial charge in [0.15, 0.2) is 0 Å². The number of likely N-dealkylation sites (tertiary alicyclic amines) is 1. The van der Waals surface area contributed by atoms with Gasteiger partial charge in [0.1, 0.15) is 12.2 Å². The maximum atomic E-state index is 12.9. The van der Waals surface area contributed by atoms with Crippen LogP contribution in [0.15, 0.2) is 66.9 Å². The lowest BCUT2D eigenvalue weighted by Crippen LogP contribution is -2.45. The summed E-state index contributed by atoms with van der Waals surface area (Å²) in [5, 5.41) is 4.52. The lowest BCUT2D eigenvalue weighted by Gasteiger charge is -2.18. The molecule has 1 unspecified atom stereocenters. The Morgan fingerprint density at radius 3 is 2.29 bits per heavy atom.